The Balaban J connectivity index is 2.70. The van der Waals surface area contributed by atoms with Crippen LogP contribution in [0.4, 0.5) is 0 Å². The number of nitrogens with zero attached hydrogens (tertiary/aromatic N) is 1. The van der Waals surface area contributed by atoms with E-state index in [-0.39, 0.29) is 5.91 Å². The minimum atomic E-state index is -0.391. The predicted molar refractivity (Wildman–Crippen MR) is 64.6 cm³/mol. The molecule has 1 aromatic carbocycles. The van der Waals surface area contributed by atoms with Gasteiger partial charge in [-0.25, -0.2) is 0 Å². The fraction of sp³-hybridized carbons (Fsp3) is 0.462. The smallest absolute Gasteiger partial charge is 0.263 e. The summed E-state index contributed by atoms with van der Waals surface area (Å²) in [5.74, 6) is 0.746. The number of hydrogen-bond acceptors (Lipinski definition) is 2. The zero-order chi connectivity index (χ0) is 12.1. The van der Waals surface area contributed by atoms with Gasteiger partial charge in [0.05, 0.1) is 0 Å². The molecule has 0 aromatic heterocycles. The molecule has 0 aliphatic carbocycles. The van der Waals surface area contributed by atoms with E-state index in [0.29, 0.717) is 6.42 Å². The first-order chi connectivity index (χ1) is 7.54. The first-order valence-electron chi connectivity index (χ1n) is 5.49. The van der Waals surface area contributed by atoms with Crippen molar-refractivity contribution in [3.05, 3.63) is 29.8 Å². The van der Waals surface area contributed by atoms with E-state index in [1.54, 1.807) is 19.0 Å². The normalized spacial score (nSPS) is 12.0. The molecule has 88 valence electrons. The molecule has 0 unspecified atom stereocenters. The van der Waals surface area contributed by atoms with E-state index in [1.165, 1.54) is 5.56 Å². The highest BCUT2D eigenvalue weighted by atomic mass is 16.5. The Morgan fingerprint density at radius 1 is 1.31 bits per heavy atom. The van der Waals surface area contributed by atoms with Crippen LogP contribution in [0, 0.1) is 6.92 Å². The van der Waals surface area contributed by atoms with Crippen LogP contribution in [0.5, 0.6) is 5.75 Å². The summed E-state index contributed by atoms with van der Waals surface area (Å²) >= 11 is 0. The summed E-state index contributed by atoms with van der Waals surface area (Å²) in [6.45, 7) is 3.96. The molecule has 0 spiro atoms. The third-order valence-electron chi connectivity index (χ3n) is 2.39. The van der Waals surface area contributed by atoms with Gasteiger partial charge in [-0.2, -0.15) is 0 Å². The van der Waals surface area contributed by atoms with Crippen LogP contribution in [0.15, 0.2) is 24.3 Å². The summed E-state index contributed by atoms with van der Waals surface area (Å²) in [5.41, 5.74) is 1.18. The molecule has 3 nitrogen and oxygen atoms in total. The summed E-state index contributed by atoms with van der Waals surface area (Å²) in [6, 6.07) is 7.73. The molecule has 0 N–H and O–H groups in total. The van der Waals surface area contributed by atoms with Gasteiger partial charge in [0, 0.05) is 14.1 Å². The number of likely N-dealkylation sites (N-methyl/N-ethyl adjacent to an activating group) is 1. The number of rotatable bonds is 4. The van der Waals surface area contributed by atoms with Gasteiger partial charge in [0.15, 0.2) is 6.10 Å². The first-order valence-corrected chi connectivity index (χ1v) is 5.49. The van der Waals surface area contributed by atoms with Crippen molar-refractivity contribution >= 4 is 5.91 Å². The van der Waals surface area contributed by atoms with E-state index in [0.717, 1.165) is 5.75 Å². The average Bonchev–Trinajstić information content (AvgIpc) is 2.27. The SMILES string of the molecule is CC[C@H](Oc1ccc(C)cc1)C(=O)N(C)C. The molecular formula is C13H19NO2. The first kappa shape index (κ1) is 12.6. The van der Waals surface area contributed by atoms with Crippen LogP contribution in [-0.2, 0) is 4.79 Å². The Labute approximate surface area is 97.0 Å². The van der Waals surface area contributed by atoms with Gasteiger partial charge in [0.1, 0.15) is 5.75 Å². The van der Waals surface area contributed by atoms with E-state index >= 15 is 0 Å². The largest absolute Gasteiger partial charge is 0.481 e. The van der Waals surface area contributed by atoms with Crippen molar-refractivity contribution in [2.24, 2.45) is 0 Å². The van der Waals surface area contributed by atoms with Crippen LogP contribution in [-0.4, -0.2) is 31.0 Å². The zero-order valence-electron chi connectivity index (χ0n) is 10.4. The number of amides is 1. The molecule has 1 amide bonds. The minimum absolute atomic E-state index is 0.00285. The molecule has 0 saturated carbocycles. The highest BCUT2D eigenvalue weighted by Crippen LogP contribution is 2.15. The van der Waals surface area contributed by atoms with Gasteiger partial charge in [0.25, 0.3) is 5.91 Å². The number of ether oxygens (including phenoxy) is 1. The molecule has 0 saturated heterocycles. The zero-order valence-corrected chi connectivity index (χ0v) is 10.4. The van der Waals surface area contributed by atoms with Gasteiger partial charge in [-0.1, -0.05) is 24.6 Å². The van der Waals surface area contributed by atoms with Crippen molar-refractivity contribution in [1.82, 2.24) is 4.90 Å². The Morgan fingerprint density at radius 3 is 2.31 bits per heavy atom. The molecule has 0 fully saturated rings. The summed E-state index contributed by atoms with van der Waals surface area (Å²) in [5, 5.41) is 0. The van der Waals surface area contributed by atoms with Gasteiger partial charge in [-0.15, -0.1) is 0 Å². The van der Waals surface area contributed by atoms with Gasteiger partial charge in [-0.3, -0.25) is 4.79 Å². The van der Waals surface area contributed by atoms with Crippen molar-refractivity contribution in [1.29, 1.82) is 0 Å². The van der Waals surface area contributed by atoms with Crippen LogP contribution >= 0.6 is 0 Å². The van der Waals surface area contributed by atoms with Gasteiger partial charge in [-0.05, 0) is 25.5 Å². The maximum Gasteiger partial charge on any atom is 0.263 e. The second kappa shape index (κ2) is 5.54. The number of carbonyl (C=O) groups is 1. The van der Waals surface area contributed by atoms with Crippen molar-refractivity contribution in [3.8, 4) is 5.75 Å². The van der Waals surface area contributed by atoms with Gasteiger partial charge >= 0.3 is 0 Å². The maximum atomic E-state index is 11.7. The van der Waals surface area contributed by atoms with Crippen LogP contribution in [0.3, 0.4) is 0 Å². The fourth-order valence-electron chi connectivity index (χ4n) is 1.38. The Morgan fingerprint density at radius 2 is 1.88 bits per heavy atom. The topological polar surface area (TPSA) is 29.5 Å². The van der Waals surface area contributed by atoms with Gasteiger partial charge < -0.3 is 9.64 Å². The standard InChI is InChI=1S/C13H19NO2/c1-5-12(13(15)14(3)4)16-11-8-6-10(2)7-9-11/h6-9,12H,5H2,1-4H3/t12-/m0/s1. The van der Waals surface area contributed by atoms with E-state index in [2.05, 4.69) is 0 Å². The van der Waals surface area contributed by atoms with Crippen molar-refractivity contribution < 1.29 is 9.53 Å². The monoisotopic (exact) mass is 221 g/mol. The summed E-state index contributed by atoms with van der Waals surface area (Å²) in [6.07, 6.45) is 0.281. The molecule has 1 aromatic rings. The quantitative estimate of drug-likeness (QED) is 0.780. The fourth-order valence-corrected chi connectivity index (χ4v) is 1.38. The van der Waals surface area contributed by atoms with E-state index in [1.807, 2.05) is 38.1 Å². The minimum Gasteiger partial charge on any atom is -0.481 e. The lowest BCUT2D eigenvalue weighted by Gasteiger charge is -2.20. The molecule has 0 aliphatic rings. The molecule has 3 heteroatoms. The Bertz CT molecular complexity index is 343. The highest BCUT2D eigenvalue weighted by Gasteiger charge is 2.19. The molecule has 0 radical (unpaired) electrons. The summed E-state index contributed by atoms with van der Waals surface area (Å²) < 4.78 is 5.65. The Kier molecular flexibility index (Phi) is 4.35. The van der Waals surface area contributed by atoms with Crippen LogP contribution in [0.1, 0.15) is 18.9 Å². The maximum absolute atomic E-state index is 11.7. The van der Waals surface area contributed by atoms with E-state index < -0.39 is 6.10 Å². The number of benzene rings is 1. The van der Waals surface area contributed by atoms with Crippen molar-refractivity contribution in [3.63, 3.8) is 0 Å². The molecular weight excluding hydrogens is 202 g/mol. The third-order valence-corrected chi connectivity index (χ3v) is 2.39. The van der Waals surface area contributed by atoms with Crippen molar-refractivity contribution in [2.75, 3.05) is 14.1 Å². The highest BCUT2D eigenvalue weighted by molar-refractivity contribution is 5.80. The number of hydrogen-bond donors (Lipinski definition) is 0. The van der Waals surface area contributed by atoms with Gasteiger partial charge in [0.2, 0.25) is 0 Å². The predicted octanol–water partition coefficient (Wildman–Crippen LogP) is 2.24. The Hall–Kier alpha value is -1.51. The number of carbonyl (C=O) groups excluding carboxylic acids is 1. The lowest BCUT2D eigenvalue weighted by Crippen LogP contribution is -2.37. The van der Waals surface area contributed by atoms with E-state index in [4.69, 9.17) is 4.74 Å². The second-order valence-corrected chi connectivity index (χ2v) is 4.06. The lowest BCUT2D eigenvalue weighted by molar-refractivity contribution is -0.136. The lowest BCUT2D eigenvalue weighted by atomic mass is 10.2. The van der Waals surface area contributed by atoms with Crippen LogP contribution < -0.4 is 4.74 Å². The molecule has 0 aliphatic heterocycles. The van der Waals surface area contributed by atoms with Crippen molar-refractivity contribution in [2.45, 2.75) is 26.4 Å². The molecule has 1 rings (SSSR count). The number of aryl methyl sites for hydroxylation is 1. The molecule has 0 bridgehead atoms. The molecule has 1 atom stereocenters. The third kappa shape index (κ3) is 3.26. The summed E-state index contributed by atoms with van der Waals surface area (Å²) in [7, 11) is 3.48. The van der Waals surface area contributed by atoms with E-state index in [9.17, 15) is 4.79 Å². The second-order valence-electron chi connectivity index (χ2n) is 4.06. The average molecular weight is 221 g/mol. The molecule has 16 heavy (non-hydrogen) atoms. The molecule has 0 heterocycles. The summed E-state index contributed by atoms with van der Waals surface area (Å²) in [4.78, 5) is 13.3. The van der Waals surface area contributed by atoms with Crippen LogP contribution in [0.2, 0.25) is 0 Å². The van der Waals surface area contributed by atoms with Crippen LogP contribution in [0.25, 0.3) is 0 Å².